The first kappa shape index (κ1) is 21.5. The molecule has 0 aliphatic heterocycles. The lowest BCUT2D eigenvalue weighted by Gasteiger charge is -2.19. The summed E-state index contributed by atoms with van der Waals surface area (Å²) in [4.78, 5) is 12.2. The van der Waals surface area contributed by atoms with E-state index in [0.29, 0.717) is 26.7 Å². The van der Waals surface area contributed by atoms with Crippen molar-refractivity contribution >= 4 is 46.6 Å². The molecule has 0 aliphatic rings. The van der Waals surface area contributed by atoms with E-state index in [1.807, 2.05) is 12.1 Å². The van der Waals surface area contributed by atoms with E-state index in [4.69, 9.17) is 29.0 Å². The van der Waals surface area contributed by atoms with E-state index in [2.05, 4.69) is 48.4 Å². The van der Waals surface area contributed by atoms with Gasteiger partial charge in [0.25, 0.3) is 0 Å². The molecule has 29 heavy (non-hydrogen) atoms. The maximum Gasteiger partial charge on any atom is 0.234 e. The third-order valence-corrected chi connectivity index (χ3v) is 5.89. The lowest BCUT2D eigenvalue weighted by molar-refractivity contribution is -0.113. The van der Waals surface area contributed by atoms with Crippen molar-refractivity contribution in [3.63, 3.8) is 0 Å². The summed E-state index contributed by atoms with van der Waals surface area (Å²) < 4.78 is 1.39. The lowest BCUT2D eigenvalue weighted by Crippen LogP contribution is -2.16. The Bertz CT molecular complexity index is 1030. The molecule has 9 heteroatoms. The first-order chi connectivity index (χ1) is 13.6. The van der Waals surface area contributed by atoms with Gasteiger partial charge in [-0.25, -0.2) is 4.68 Å². The van der Waals surface area contributed by atoms with Crippen LogP contribution in [0.15, 0.2) is 47.6 Å². The second-order valence-electron chi connectivity index (χ2n) is 7.47. The number of nitrogens with zero attached hydrogens (tertiary/aromatic N) is 3. The molecule has 3 aromatic rings. The Labute approximate surface area is 183 Å². The van der Waals surface area contributed by atoms with E-state index in [0.717, 1.165) is 5.56 Å². The fraction of sp³-hybridized carbons (Fsp3) is 0.250. The van der Waals surface area contributed by atoms with Crippen LogP contribution in [0, 0.1) is 0 Å². The number of anilines is 1. The number of aromatic nitrogens is 3. The zero-order valence-electron chi connectivity index (χ0n) is 16.2. The van der Waals surface area contributed by atoms with Crippen LogP contribution in [0.2, 0.25) is 10.0 Å². The van der Waals surface area contributed by atoms with E-state index in [1.54, 1.807) is 18.2 Å². The van der Waals surface area contributed by atoms with Crippen LogP contribution < -0.4 is 11.2 Å². The zero-order valence-corrected chi connectivity index (χ0v) is 18.6. The first-order valence-electron chi connectivity index (χ1n) is 8.84. The van der Waals surface area contributed by atoms with Gasteiger partial charge in [0.05, 0.1) is 15.8 Å². The number of nitrogens with two attached hydrogens (primary N) is 1. The number of carbonyl (C=O) groups excluding carboxylic acids is 1. The summed E-state index contributed by atoms with van der Waals surface area (Å²) in [6.07, 6.45) is 0. The molecule has 0 spiro atoms. The molecule has 0 saturated carbocycles. The molecular formula is C20H21Cl2N5OS. The quantitative estimate of drug-likeness (QED) is 0.422. The number of amides is 1. The van der Waals surface area contributed by atoms with Crippen LogP contribution in [-0.4, -0.2) is 26.5 Å². The predicted molar refractivity (Wildman–Crippen MR) is 120 cm³/mol. The highest BCUT2D eigenvalue weighted by molar-refractivity contribution is 7.99. The van der Waals surface area contributed by atoms with Crippen molar-refractivity contribution in [3.05, 3.63) is 58.1 Å². The molecule has 2 aromatic carbocycles. The number of nitrogen functional groups attached to an aromatic ring is 1. The number of nitrogens with one attached hydrogen (secondary N) is 1. The van der Waals surface area contributed by atoms with Crippen molar-refractivity contribution < 1.29 is 4.79 Å². The SMILES string of the molecule is CC(C)(C)c1ccc(-c2nnc(SCC(=O)Nc3ccc(Cl)c(Cl)c3)n2N)cc1. The summed E-state index contributed by atoms with van der Waals surface area (Å²) in [6.45, 7) is 6.47. The first-order valence-corrected chi connectivity index (χ1v) is 10.6. The van der Waals surface area contributed by atoms with Crippen molar-refractivity contribution in [1.82, 2.24) is 14.9 Å². The van der Waals surface area contributed by atoms with E-state index >= 15 is 0 Å². The van der Waals surface area contributed by atoms with Gasteiger partial charge < -0.3 is 11.2 Å². The van der Waals surface area contributed by atoms with Crippen LogP contribution in [0.4, 0.5) is 5.69 Å². The van der Waals surface area contributed by atoms with Gasteiger partial charge in [-0.2, -0.15) is 0 Å². The number of benzene rings is 2. The molecule has 1 amide bonds. The Morgan fingerprint density at radius 2 is 1.79 bits per heavy atom. The van der Waals surface area contributed by atoms with Crippen molar-refractivity contribution in [2.24, 2.45) is 0 Å². The number of halogens is 2. The highest BCUT2D eigenvalue weighted by Crippen LogP contribution is 2.27. The van der Waals surface area contributed by atoms with Gasteiger partial charge in [-0.15, -0.1) is 10.2 Å². The number of thioether (sulfide) groups is 1. The fourth-order valence-corrected chi connectivity index (χ4v) is 3.55. The van der Waals surface area contributed by atoms with Crippen LogP contribution in [0.5, 0.6) is 0 Å². The maximum atomic E-state index is 12.2. The number of rotatable bonds is 5. The molecule has 0 atom stereocenters. The van der Waals surface area contributed by atoms with Crippen molar-refractivity contribution in [3.8, 4) is 11.4 Å². The van der Waals surface area contributed by atoms with E-state index in [-0.39, 0.29) is 17.1 Å². The summed E-state index contributed by atoms with van der Waals surface area (Å²) in [5.41, 5.74) is 2.72. The minimum atomic E-state index is -0.215. The fourth-order valence-electron chi connectivity index (χ4n) is 2.59. The molecule has 1 aromatic heterocycles. The van der Waals surface area contributed by atoms with Gasteiger partial charge in [-0.3, -0.25) is 4.79 Å². The molecular weight excluding hydrogens is 429 g/mol. The third kappa shape index (κ3) is 5.23. The van der Waals surface area contributed by atoms with Gasteiger partial charge in [0.15, 0.2) is 5.82 Å². The topological polar surface area (TPSA) is 85.8 Å². The molecule has 6 nitrogen and oxygen atoms in total. The normalized spacial score (nSPS) is 11.5. The largest absolute Gasteiger partial charge is 0.335 e. The standard InChI is InChI=1S/C20H21Cl2N5OS/c1-20(2,3)13-6-4-12(5-7-13)18-25-26-19(27(18)23)29-11-17(28)24-14-8-9-15(21)16(22)10-14/h4-10H,11,23H2,1-3H3,(H,24,28). The van der Waals surface area contributed by atoms with Crippen LogP contribution >= 0.6 is 35.0 Å². The van der Waals surface area contributed by atoms with Gasteiger partial charge in [0, 0.05) is 11.3 Å². The molecule has 0 radical (unpaired) electrons. The van der Waals surface area contributed by atoms with Gasteiger partial charge >= 0.3 is 0 Å². The van der Waals surface area contributed by atoms with Gasteiger partial charge in [0.1, 0.15) is 0 Å². The van der Waals surface area contributed by atoms with E-state index in [9.17, 15) is 4.79 Å². The predicted octanol–water partition coefficient (Wildman–Crippen LogP) is 4.99. The molecule has 3 rings (SSSR count). The van der Waals surface area contributed by atoms with Gasteiger partial charge in [-0.1, -0.05) is 80.0 Å². The van der Waals surface area contributed by atoms with Crippen molar-refractivity contribution in [2.75, 3.05) is 16.9 Å². The molecule has 0 aliphatic carbocycles. The second-order valence-corrected chi connectivity index (χ2v) is 9.23. The molecule has 3 N–H and O–H groups in total. The maximum absolute atomic E-state index is 12.2. The average Bonchev–Trinajstić information content (AvgIpc) is 3.03. The van der Waals surface area contributed by atoms with Gasteiger partial charge in [-0.05, 0) is 29.2 Å². The third-order valence-electron chi connectivity index (χ3n) is 4.21. The summed E-state index contributed by atoms with van der Waals surface area (Å²) in [7, 11) is 0. The van der Waals surface area contributed by atoms with E-state index < -0.39 is 0 Å². The number of hydrogen-bond acceptors (Lipinski definition) is 5. The molecule has 1 heterocycles. The zero-order chi connectivity index (χ0) is 21.2. The van der Waals surface area contributed by atoms with Crippen LogP contribution in [0.1, 0.15) is 26.3 Å². The lowest BCUT2D eigenvalue weighted by atomic mass is 9.87. The Kier molecular flexibility index (Phi) is 6.41. The minimum Gasteiger partial charge on any atom is -0.335 e. The Morgan fingerprint density at radius 3 is 2.41 bits per heavy atom. The highest BCUT2D eigenvalue weighted by atomic mass is 35.5. The number of hydrogen-bond donors (Lipinski definition) is 2. The second kappa shape index (κ2) is 8.65. The molecule has 152 valence electrons. The van der Waals surface area contributed by atoms with Gasteiger partial charge in [0.2, 0.25) is 11.1 Å². The van der Waals surface area contributed by atoms with Crippen LogP contribution in [-0.2, 0) is 10.2 Å². The van der Waals surface area contributed by atoms with Crippen LogP contribution in [0.25, 0.3) is 11.4 Å². The minimum absolute atomic E-state index is 0.0671. The summed E-state index contributed by atoms with van der Waals surface area (Å²) in [5, 5.41) is 12.3. The summed E-state index contributed by atoms with van der Waals surface area (Å²) >= 11 is 13.0. The summed E-state index contributed by atoms with van der Waals surface area (Å²) in [6, 6.07) is 13.0. The van der Waals surface area contributed by atoms with Crippen molar-refractivity contribution in [1.29, 1.82) is 0 Å². The smallest absolute Gasteiger partial charge is 0.234 e. The monoisotopic (exact) mass is 449 g/mol. The Hall–Kier alpha value is -2.22. The Morgan fingerprint density at radius 1 is 1.10 bits per heavy atom. The Balaban J connectivity index is 1.65. The molecule has 0 saturated heterocycles. The number of carbonyl (C=O) groups is 1. The van der Waals surface area contributed by atoms with Crippen LogP contribution in [0.3, 0.4) is 0 Å². The highest BCUT2D eigenvalue weighted by Gasteiger charge is 2.16. The average molecular weight is 450 g/mol. The summed E-state index contributed by atoms with van der Waals surface area (Å²) in [5.74, 6) is 6.59. The molecule has 0 fully saturated rings. The van der Waals surface area contributed by atoms with E-state index in [1.165, 1.54) is 22.0 Å². The van der Waals surface area contributed by atoms with Crippen molar-refractivity contribution in [2.45, 2.75) is 31.3 Å². The molecule has 0 bridgehead atoms. The molecule has 0 unspecified atom stereocenters.